The zero-order valence-corrected chi connectivity index (χ0v) is 14.7. The summed E-state index contributed by atoms with van der Waals surface area (Å²) >= 11 is 0. The van der Waals surface area contributed by atoms with E-state index in [1.54, 1.807) is 0 Å². The average Bonchev–Trinajstić information content (AvgIpc) is 2.53. The lowest BCUT2D eigenvalue weighted by Gasteiger charge is -2.28. The van der Waals surface area contributed by atoms with Gasteiger partial charge in [-0.2, -0.15) is 0 Å². The van der Waals surface area contributed by atoms with Gasteiger partial charge in [0, 0.05) is 43.9 Å². The fourth-order valence-electron chi connectivity index (χ4n) is 2.50. The molecular formula is C17H30N4O2. The topological polar surface area (TPSA) is 70.5 Å². The van der Waals surface area contributed by atoms with Crippen LogP contribution in [0.25, 0.3) is 0 Å². The molecule has 1 aromatic rings. The predicted octanol–water partition coefficient (Wildman–Crippen LogP) is 1.83. The number of aliphatic hydroxyl groups excluding tert-OH is 1. The van der Waals surface area contributed by atoms with Crippen LogP contribution in [0.2, 0.25) is 0 Å². The highest BCUT2D eigenvalue weighted by atomic mass is 16.5. The van der Waals surface area contributed by atoms with Crippen LogP contribution in [-0.4, -0.2) is 65.5 Å². The third kappa shape index (κ3) is 5.71. The van der Waals surface area contributed by atoms with Crippen molar-refractivity contribution < 1.29 is 9.84 Å². The number of nitrogens with one attached hydrogen (secondary N) is 1. The predicted molar refractivity (Wildman–Crippen MR) is 92.0 cm³/mol. The number of hydrogen-bond acceptors (Lipinski definition) is 6. The molecule has 0 aliphatic carbocycles. The van der Waals surface area contributed by atoms with Gasteiger partial charge in [0.2, 0.25) is 0 Å². The summed E-state index contributed by atoms with van der Waals surface area (Å²) < 4.78 is 5.33. The van der Waals surface area contributed by atoms with Crippen molar-refractivity contribution in [3.05, 3.63) is 17.6 Å². The Morgan fingerprint density at radius 1 is 1.17 bits per heavy atom. The largest absolute Gasteiger partial charge is 0.390 e. The van der Waals surface area contributed by atoms with E-state index in [0.717, 1.165) is 43.6 Å². The van der Waals surface area contributed by atoms with Gasteiger partial charge in [0.05, 0.1) is 19.3 Å². The third-order valence-electron chi connectivity index (χ3n) is 3.96. The van der Waals surface area contributed by atoms with E-state index in [-0.39, 0.29) is 5.92 Å². The van der Waals surface area contributed by atoms with Gasteiger partial charge in [0.15, 0.2) is 0 Å². The molecule has 6 heteroatoms. The van der Waals surface area contributed by atoms with E-state index in [1.165, 1.54) is 0 Å². The summed E-state index contributed by atoms with van der Waals surface area (Å²) in [5.74, 6) is 2.29. The fourth-order valence-corrected chi connectivity index (χ4v) is 2.50. The molecule has 2 heterocycles. The van der Waals surface area contributed by atoms with Crippen molar-refractivity contribution in [1.29, 1.82) is 0 Å². The van der Waals surface area contributed by atoms with Crippen molar-refractivity contribution in [1.82, 2.24) is 14.9 Å². The van der Waals surface area contributed by atoms with Crippen molar-refractivity contribution >= 4 is 5.82 Å². The molecule has 1 aromatic heterocycles. The molecule has 0 aromatic carbocycles. The molecule has 0 saturated carbocycles. The monoisotopic (exact) mass is 322 g/mol. The zero-order valence-electron chi connectivity index (χ0n) is 14.7. The van der Waals surface area contributed by atoms with Gasteiger partial charge in [-0.1, -0.05) is 27.7 Å². The maximum absolute atomic E-state index is 10.2. The van der Waals surface area contributed by atoms with Gasteiger partial charge in [-0.15, -0.1) is 0 Å². The molecular weight excluding hydrogens is 292 g/mol. The first-order valence-electron chi connectivity index (χ1n) is 8.56. The summed E-state index contributed by atoms with van der Waals surface area (Å²) in [6, 6.07) is 1.98. The fraction of sp³-hybridized carbons (Fsp3) is 0.765. The van der Waals surface area contributed by atoms with E-state index in [0.29, 0.717) is 19.0 Å². The van der Waals surface area contributed by atoms with Crippen molar-refractivity contribution in [2.75, 3.05) is 44.7 Å². The Balaban J connectivity index is 1.93. The first-order chi connectivity index (χ1) is 11.0. The Hall–Kier alpha value is -1.24. The Morgan fingerprint density at radius 2 is 1.87 bits per heavy atom. The Morgan fingerprint density at radius 3 is 2.48 bits per heavy atom. The number of rotatable bonds is 7. The SMILES string of the molecule is CC(C)c1cc(NCC(O)CN2CCOCC2)nc(C(C)C)n1. The standard InChI is InChI=1S/C17H30N4O2/c1-12(2)15-9-16(20-17(19-15)13(3)4)18-10-14(22)11-21-5-7-23-8-6-21/h9,12-14,22H,5-8,10-11H2,1-4H3,(H,18,19,20). The lowest BCUT2D eigenvalue weighted by Crippen LogP contribution is -2.42. The van der Waals surface area contributed by atoms with Crippen LogP contribution < -0.4 is 5.32 Å². The second-order valence-electron chi connectivity index (χ2n) is 6.79. The molecule has 0 spiro atoms. The van der Waals surface area contributed by atoms with Crippen LogP contribution in [0.4, 0.5) is 5.82 Å². The summed E-state index contributed by atoms with van der Waals surface area (Å²) in [5, 5.41) is 13.5. The highest BCUT2D eigenvalue weighted by molar-refractivity contribution is 5.37. The maximum Gasteiger partial charge on any atom is 0.133 e. The summed E-state index contributed by atoms with van der Waals surface area (Å²) in [4.78, 5) is 11.4. The number of morpholine rings is 1. The van der Waals surface area contributed by atoms with Gasteiger partial charge in [-0.25, -0.2) is 9.97 Å². The van der Waals surface area contributed by atoms with E-state index in [2.05, 4.69) is 47.9 Å². The highest BCUT2D eigenvalue weighted by Crippen LogP contribution is 2.19. The molecule has 1 aliphatic rings. The second-order valence-corrected chi connectivity index (χ2v) is 6.79. The number of hydrogen-bond donors (Lipinski definition) is 2. The van der Waals surface area contributed by atoms with Crippen LogP contribution in [0.15, 0.2) is 6.07 Å². The van der Waals surface area contributed by atoms with Gasteiger partial charge < -0.3 is 15.2 Å². The van der Waals surface area contributed by atoms with Gasteiger partial charge in [-0.3, -0.25) is 4.90 Å². The quantitative estimate of drug-likeness (QED) is 0.798. The van der Waals surface area contributed by atoms with Gasteiger partial charge in [-0.05, 0) is 5.92 Å². The van der Waals surface area contributed by atoms with E-state index < -0.39 is 6.10 Å². The molecule has 2 N–H and O–H groups in total. The summed E-state index contributed by atoms with van der Waals surface area (Å²) in [6.45, 7) is 12.9. The molecule has 1 aliphatic heterocycles. The van der Waals surface area contributed by atoms with Gasteiger partial charge in [0.25, 0.3) is 0 Å². The smallest absolute Gasteiger partial charge is 0.133 e. The van der Waals surface area contributed by atoms with Crippen molar-refractivity contribution in [2.45, 2.75) is 45.6 Å². The van der Waals surface area contributed by atoms with Crippen LogP contribution in [0.3, 0.4) is 0 Å². The Kier molecular flexibility index (Phi) is 6.74. The van der Waals surface area contributed by atoms with Crippen LogP contribution in [0.5, 0.6) is 0 Å². The lowest BCUT2D eigenvalue weighted by atomic mass is 10.1. The van der Waals surface area contributed by atoms with Crippen molar-refractivity contribution in [3.63, 3.8) is 0 Å². The Bertz CT molecular complexity index is 461. The number of aliphatic hydroxyl groups is 1. The number of nitrogens with zero attached hydrogens (tertiary/aromatic N) is 3. The minimum Gasteiger partial charge on any atom is -0.390 e. The Labute approximate surface area is 139 Å². The molecule has 2 rings (SSSR count). The highest BCUT2D eigenvalue weighted by Gasteiger charge is 2.16. The first-order valence-corrected chi connectivity index (χ1v) is 8.56. The molecule has 1 fully saturated rings. The lowest BCUT2D eigenvalue weighted by molar-refractivity contribution is 0.0171. The number of ether oxygens (including phenoxy) is 1. The maximum atomic E-state index is 10.2. The number of anilines is 1. The molecule has 6 nitrogen and oxygen atoms in total. The number of aromatic nitrogens is 2. The molecule has 1 saturated heterocycles. The van der Waals surface area contributed by atoms with E-state index >= 15 is 0 Å². The normalized spacial score (nSPS) is 17.7. The summed E-state index contributed by atoms with van der Waals surface area (Å²) in [7, 11) is 0. The second kappa shape index (κ2) is 8.57. The van der Waals surface area contributed by atoms with E-state index in [9.17, 15) is 5.11 Å². The van der Waals surface area contributed by atoms with Crippen molar-refractivity contribution in [2.24, 2.45) is 0 Å². The molecule has 1 atom stereocenters. The summed E-state index contributed by atoms with van der Waals surface area (Å²) in [6.07, 6.45) is -0.423. The zero-order chi connectivity index (χ0) is 16.8. The van der Waals surface area contributed by atoms with Crippen LogP contribution >= 0.6 is 0 Å². The average molecular weight is 322 g/mol. The first kappa shape index (κ1) is 18.1. The van der Waals surface area contributed by atoms with Crippen LogP contribution in [-0.2, 0) is 4.74 Å². The van der Waals surface area contributed by atoms with E-state index in [4.69, 9.17) is 4.74 Å². The minimum atomic E-state index is -0.423. The minimum absolute atomic E-state index is 0.285. The van der Waals surface area contributed by atoms with Crippen molar-refractivity contribution in [3.8, 4) is 0 Å². The van der Waals surface area contributed by atoms with Crippen LogP contribution in [0, 0.1) is 0 Å². The molecule has 0 bridgehead atoms. The third-order valence-corrected chi connectivity index (χ3v) is 3.96. The number of β-amino-alcohol motifs (C(OH)–C–C–N with tert-alkyl or cyclic N) is 1. The molecule has 130 valence electrons. The molecule has 0 radical (unpaired) electrons. The molecule has 0 amide bonds. The van der Waals surface area contributed by atoms with Gasteiger partial charge in [0.1, 0.15) is 11.6 Å². The van der Waals surface area contributed by atoms with E-state index in [1.807, 2.05) is 6.07 Å². The van der Waals surface area contributed by atoms with Gasteiger partial charge >= 0.3 is 0 Å². The molecule has 1 unspecified atom stereocenters. The molecule has 23 heavy (non-hydrogen) atoms. The van der Waals surface area contributed by atoms with Crippen LogP contribution in [0.1, 0.15) is 51.0 Å². The summed E-state index contributed by atoms with van der Waals surface area (Å²) in [5.41, 5.74) is 1.04.